The summed E-state index contributed by atoms with van der Waals surface area (Å²) in [6, 6.07) is -0.651. The molecule has 0 fully saturated rings. The summed E-state index contributed by atoms with van der Waals surface area (Å²) in [5.74, 6) is -0.905. The summed E-state index contributed by atoms with van der Waals surface area (Å²) < 4.78 is 0. The lowest BCUT2D eigenvalue weighted by atomic mass is 10.4. The van der Waals surface area contributed by atoms with Crippen LogP contribution in [-0.2, 0) is 4.79 Å². The summed E-state index contributed by atoms with van der Waals surface area (Å²) in [4.78, 5) is 15.6. The van der Waals surface area contributed by atoms with E-state index in [0.717, 1.165) is 0 Å². The lowest BCUT2D eigenvalue weighted by Gasteiger charge is -2.03. The summed E-state index contributed by atoms with van der Waals surface area (Å²) in [7, 11) is 3.58. The van der Waals surface area contributed by atoms with Gasteiger partial charge in [-0.15, -0.1) is 0 Å². The molecule has 0 amide bonds. The number of rotatable bonds is 3. The normalized spacial score (nSPS) is 13.5. The molecule has 0 spiro atoms. The van der Waals surface area contributed by atoms with Crippen LogP contribution in [0.2, 0.25) is 0 Å². The molecule has 1 atom stereocenters. The van der Waals surface area contributed by atoms with Crippen LogP contribution < -0.4 is 0 Å². The third-order valence-corrected chi connectivity index (χ3v) is 0.879. The molecule has 0 aliphatic carbocycles. The second-order valence-electron chi connectivity index (χ2n) is 2.24. The summed E-state index contributed by atoms with van der Waals surface area (Å²) in [5.41, 5.74) is 0. The van der Waals surface area contributed by atoms with Crippen LogP contribution in [-0.4, -0.2) is 42.5 Å². The van der Waals surface area contributed by atoms with Crippen LogP contribution in [0.15, 0.2) is 4.99 Å². The van der Waals surface area contributed by atoms with Crippen molar-refractivity contribution in [2.24, 2.45) is 4.99 Å². The van der Waals surface area contributed by atoms with Crippen LogP contribution in [0.3, 0.4) is 0 Å². The van der Waals surface area contributed by atoms with Crippen molar-refractivity contribution >= 4 is 12.3 Å². The Bertz CT molecular complexity index is 143. The van der Waals surface area contributed by atoms with Crippen molar-refractivity contribution in [2.75, 3.05) is 14.1 Å². The van der Waals surface area contributed by atoms with Crippen molar-refractivity contribution in [3.05, 3.63) is 0 Å². The fourth-order valence-electron chi connectivity index (χ4n) is 0.297. The molecule has 0 bridgehead atoms. The maximum Gasteiger partial charge on any atom is 0.328 e. The Morgan fingerprint density at radius 1 is 1.70 bits per heavy atom. The Morgan fingerprint density at radius 2 is 2.20 bits per heavy atom. The lowest BCUT2D eigenvalue weighted by molar-refractivity contribution is -0.137. The number of hydrogen-bond acceptors (Lipinski definition) is 2. The molecule has 1 unspecified atom stereocenters. The van der Waals surface area contributed by atoms with Gasteiger partial charge in [0.25, 0.3) is 0 Å². The van der Waals surface area contributed by atoms with Gasteiger partial charge in [-0.1, -0.05) is 0 Å². The average molecular weight is 144 g/mol. The van der Waals surface area contributed by atoms with Crippen LogP contribution in [0.5, 0.6) is 0 Å². The van der Waals surface area contributed by atoms with Gasteiger partial charge in [0.2, 0.25) is 0 Å². The second-order valence-corrected chi connectivity index (χ2v) is 2.24. The van der Waals surface area contributed by atoms with Crippen LogP contribution in [0.25, 0.3) is 0 Å². The van der Waals surface area contributed by atoms with Crippen molar-refractivity contribution in [3.63, 3.8) is 0 Å². The first-order valence-corrected chi connectivity index (χ1v) is 2.96. The standard InChI is InChI=1S/C6H12N2O2/c1-5(6(9)10)7-4-8(2)3/h4-5H,1-3H3,(H,9,10). The minimum atomic E-state index is -0.905. The van der Waals surface area contributed by atoms with E-state index in [-0.39, 0.29) is 0 Å². The van der Waals surface area contributed by atoms with Crippen LogP contribution in [0.1, 0.15) is 6.92 Å². The number of carboxylic acids is 1. The first-order valence-electron chi connectivity index (χ1n) is 2.96. The number of nitrogens with zero attached hydrogens (tertiary/aromatic N) is 2. The lowest BCUT2D eigenvalue weighted by Crippen LogP contribution is -2.16. The fraction of sp³-hybridized carbons (Fsp3) is 0.667. The van der Waals surface area contributed by atoms with Gasteiger partial charge in [0.1, 0.15) is 6.04 Å². The Kier molecular flexibility index (Phi) is 3.46. The van der Waals surface area contributed by atoms with Gasteiger partial charge in [0.15, 0.2) is 0 Å². The molecule has 4 nitrogen and oxygen atoms in total. The number of hydrogen-bond donors (Lipinski definition) is 1. The molecule has 58 valence electrons. The van der Waals surface area contributed by atoms with Gasteiger partial charge in [0.05, 0.1) is 6.34 Å². The molecule has 1 N–H and O–H groups in total. The van der Waals surface area contributed by atoms with Crippen molar-refractivity contribution in [1.82, 2.24) is 4.90 Å². The number of aliphatic imine (C=N–C) groups is 1. The van der Waals surface area contributed by atoms with E-state index in [2.05, 4.69) is 4.99 Å². The zero-order valence-corrected chi connectivity index (χ0v) is 6.40. The van der Waals surface area contributed by atoms with E-state index in [1.54, 1.807) is 19.0 Å². The van der Waals surface area contributed by atoms with Gasteiger partial charge < -0.3 is 10.0 Å². The first-order chi connectivity index (χ1) is 4.54. The highest BCUT2D eigenvalue weighted by molar-refractivity contribution is 5.75. The first kappa shape index (κ1) is 8.94. The quantitative estimate of drug-likeness (QED) is 0.449. The molecule has 0 aromatic heterocycles. The molecule has 0 saturated heterocycles. The fourth-order valence-corrected chi connectivity index (χ4v) is 0.297. The van der Waals surface area contributed by atoms with Crippen molar-refractivity contribution in [3.8, 4) is 0 Å². The van der Waals surface area contributed by atoms with Gasteiger partial charge in [0, 0.05) is 14.1 Å². The second kappa shape index (κ2) is 3.87. The molecule has 0 radical (unpaired) electrons. The monoisotopic (exact) mass is 144 g/mol. The Hall–Kier alpha value is -1.06. The molecule has 0 saturated carbocycles. The van der Waals surface area contributed by atoms with Crippen molar-refractivity contribution < 1.29 is 9.90 Å². The molecular weight excluding hydrogens is 132 g/mol. The summed E-state index contributed by atoms with van der Waals surface area (Å²) in [6.45, 7) is 1.53. The molecular formula is C6H12N2O2. The molecule has 10 heavy (non-hydrogen) atoms. The Balaban J connectivity index is 3.77. The largest absolute Gasteiger partial charge is 0.480 e. The van der Waals surface area contributed by atoms with Crippen LogP contribution in [0, 0.1) is 0 Å². The Morgan fingerprint density at radius 3 is 2.50 bits per heavy atom. The summed E-state index contributed by atoms with van der Waals surface area (Å²) in [5, 5.41) is 8.36. The molecule has 4 heteroatoms. The van der Waals surface area contributed by atoms with E-state index >= 15 is 0 Å². The van der Waals surface area contributed by atoms with E-state index in [9.17, 15) is 4.79 Å². The van der Waals surface area contributed by atoms with Gasteiger partial charge in [-0.3, -0.25) is 4.99 Å². The third-order valence-electron chi connectivity index (χ3n) is 0.879. The zero-order chi connectivity index (χ0) is 8.15. The molecule has 0 aromatic rings. The van der Waals surface area contributed by atoms with Gasteiger partial charge in [-0.05, 0) is 6.92 Å². The van der Waals surface area contributed by atoms with E-state index in [0.29, 0.717) is 0 Å². The Labute approximate surface area is 60.2 Å². The number of carboxylic acid groups (broad SMARTS) is 1. The molecule has 0 rings (SSSR count). The minimum Gasteiger partial charge on any atom is -0.480 e. The third kappa shape index (κ3) is 3.88. The molecule has 0 aromatic carbocycles. The van der Waals surface area contributed by atoms with Gasteiger partial charge in [-0.2, -0.15) is 0 Å². The molecule has 0 heterocycles. The van der Waals surface area contributed by atoms with E-state index < -0.39 is 12.0 Å². The van der Waals surface area contributed by atoms with E-state index in [1.807, 2.05) is 0 Å². The highest BCUT2D eigenvalue weighted by Crippen LogP contribution is 1.86. The predicted molar refractivity (Wildman–Crippen MR) is 39.3 cm³/mol. The highest BCUT2D eigenvalue weighted by Gasteiger charge is 2.05. The van der Waals surface area contributed by atoms with E-state index in [1.165, 1.54) is 13.3 Å². The van der Waals surface area contributed by atoms with Crippen molar-refractivity contribution in [1.29, 1.82) is 0 Å². The van der Waals surface area contributed by atoms with Gasteiger partial charge >= 0.3 is 5.97 Å². The molecule has 0 aliphatic rings. The summed E-state index contributed by atoms with van der Waals surface area (Å²) in [6.07, 6.45) is 1.48. The van der Waals surface area contributed by atoms with Crippen molar-refractivity contribution in [2.45, 2.75) is 13.0 Å². The summed E-state index contributed by atoms with van der Waals surface area (Å²) >= 11 is 0. The molecule has 0 aliphatic heterocycles. The smallest absolute Gasteiger partial charge is 0.328 e. The SMILES string of the molecule is CC(N=CN(C)C)C(=O)O. The number of carbonyl (C=O) groups is 1. The van der Waals surface area contributed by atoms with Crippen LogP contribution in [0.4, 0.5) is 0 Å². The van der Waals surface area contributed by atoms with Crippen LogP contribution >= 0.6 is 0 Å². The predicted octanol–water partition coefficient (Wildman–Crippen LogP) is 0.0494. The number of aliphatic carboxylic acids is 1. The van der Waals surface area contributed by atoms with E-state index in [4.69, 9.17) is 5.11 Å². The zero-order valence-electron chi connectivity index (χ0n) is 6.40. The maximum atomic E-state index is 10.2. The van der Waals surface area contributed by atoms with Gasteiger partial charge in [-0.25, -0.2) is 4.79 Å². The topological polar surface area (TPSA) is 52.9 Å². The highest BCUT2D eigenvalue weighted by atomic mass is 16.4. The maximum absolute atomic E-state index is 10.2. The minimum absolute atomic E-state index is 0.651. The average Bonchev–Trinajstić information content (AvgIpc) is 1.82.